The molecule has 2 aliphatic rings. The quantitative estimate of drug-likeness (QED) is 0.923. The van der Waals surface area contributed by atoms with Gasteiger partial charge in [-0.1, -0.05) is 25.0 Å². The van der Waals surface area contributed by atoms with Gasteiger partial charge < -0.3 is 14.8 Å². The van der Waals surface area contributed by atoms with Crippen LogP contribution in [0.5, 0.6) is 11.5 Å². The topological polar surface area (TPSA) is 71.4 Å². The van der Waals surface area contributed by atoms with Gasteiger partial charge in [-0.05, 0) is 25.0 Å². The SMILES string of the molecule is N#CC1(C(=O)NCC2COc3ccccc3O2)CCCC1. The highest BCUT2D eigenvalue weighted by Gasteiger charge is 2.41. The standard InChI is InChI=1S/C16H18N2O3/c17-11-16(7-3-4-8-16)15(19)18-9-12-10-20-13-5-1-2-6-14(13)21-12/h1-2,5-6,12H,3-4,7-10H2,(H,18,19). The third kappa shape index (κ3) is 2.66. The Balaban J connectivity index is 1.57. The summed E-state index contributed by atoms with van der Waals surface area (Å²) in [6.07, 6.45) is 2.97. The number of nitriles is 1. The van der Waals surface area contributed by atoms with Crippen LogP contribution < -0.4 is 14.8 Å². The number of nitrogens with zero attached hydrogens (tertiary/aromatic N) is 1. The maximum absolute atomic E-state index is 12.3. The van der Waals surface area contributed by atoms with Crippen molar-refractivity contribution in [3.05, 3.63) is 24.3 Å². The van der Waals surface area contributed by atoms with E-state index in [4.69, 9.17) is 9.47 Å². The molecule has 1 unspecified atom stereocenters. The summed E-state index contributed by atoms with van der Waals surface area (Å²) in [5.41, 5.74) is -0.840. The van der Waals surface area contributed by atoms with Gasteiger partial charge in [0.15, 0.2) is 11.5 Å². The number of hydrogen-bond donors (Lipinski definition) is 1. The summed E-state index contributed by atoms with van der Waals surface area (Å²) in [7, 11) is 0. The van der Waals surface area contributed by atoms with Gasteiger partial charge in [0.2, 0.25) is 5.91 Å². The predicted molar refractivity (Wildman–Crippen MR) is 75.9 cm³/mol. The average molecular weight is 286 g/mol. The second-order valence-corrected chi connectivity index (χ2v) is 5.61. The molecule has 1 aromatic rings. The van der Waals surface area contributed by atoms with Gasteiger partial charge in [-0.2, -0.15) is 5.26 Å². The molecule has 3 rings (SSSR count). The molecule has 1 aliphatic heterocycles. The van der Waals surface area contributed by atoms with Crippen LogP contribution in [0.15, 0.2) is 24.3 Å². The summed E-state index contributed by atoms with van der Waals surface area (Å²) >= 11 is 0. The fraction of sp³-hybridized carbons (Fsp3) is 0.500. The molecule has 1 fully saturated rings. The van der Waals surface area contributed by atoms with Gasteiger partial charge in [0.05, 0.1) is 12.6 Å². The third-order valence-electron chi connectivity index (χ3n) is 4.16. The smallest absolute Gasteiger partial charge is 0.240 e. The molecule has 5 nitrogen and oxygen atoms in total. The predicted octanol–water partition coefficient (Wildman–Crippen LogP) is 2.03. The largest absolute Gasteiger partial charge is 0.486 e. The molecular weight excluding hydrogens is 268 g/mol. The van der Waals surface area contributed by atoms with Crippen molar-refractivity contribution >= 4 is 5.91 Å². The second-order valence-electron chi connectivity index (χ2n) is 5.61. The Morgan fingerprint density at radius 1 is 1.33 bits per heavy atom. The maximum Gasteiger partial charge on any atom is 0.240 e. The first-order valence-electron chi connectivity index (χ1n) is 7.31. The average Bonchev–Trinajstić information content (AvgIpc) is 3.02. The Morgan fingerprint density at radius 2 is 2.05 bits per heavy atom. The molecule has 0 bridgehead atoms. The number of fused-ring (bicyclic) bond motifs is 1. The van der Waals surface area contributed by atoms with E-state index >= 15 is 0 Å². The normalized spacial score (nSPS) is 22.3. The van der Waals surface area contributed by atoms with Crippen molar-refractivity contribution in [3.63, 3.8) is 0 Å². The van der Waals surface area contributed by atoms with Gasteiger partial charge in [-0.15, -0.1) is 0 Å². The molecule has 1 amide bonds. The zero-order valence-electron chi connectivity index (χ0n) is 11.8. The van der Waals surface area contributed by atoms with Crippen molar-refractivity contribution in [1.82, 2.24) is 5.32 Å². The van der Waals surface area contributed by atoms with E-state index in [1.807, 2.05) is 24.3 Å². The number of hydrogen-bond acceptors (Lipinski definition) is 4. The Bertz CT molecular complexity index is 573. The monoisotopic (exact) mass is 286 g/mol. The third-order valence-corrected chi connectivity index (χ3v) is 4.16. The van der Waals surface area contributed by atoms with E-state index in [0.29, 0.717) is 31.7 Å². The van der Waals surface area contributed by atoms with Gasteiger partial charge >= 0.3 is 0 Å². The maximum atomic E-state index is 12.3. The lowest BCUT2D eigenvalue weighted by Crippen LogP contribution is -2.45. The van der Waals surface area contributed by atoms with Crippen molar-refractivity contribution in [3.8, 4) is 17.6 Å². The first-order valence-corrected chi connectivity index (χ1v) is 7.31. The number of benzene rings is 1. The molecule has 1 aromatic carbocycles. The van der Waals surface area contributed by atoms with Gasteiger partial charge in [0.1, 0.15) is 18.1 Å². The van der Waals surface area contributed by atoms with Gasteiger partial charge in [-0.25, -0.2) is 0 Å². The highest BCUT2D eigenvalue weighted by atomic mass is 16.6. The van der Waals surface area contributed by atoms with Crippen molar-refractivity contribution in [2.75, 3.05) is 13.2 Å². The minimum absolute atomic E-state index is 0.176. The summed E-state index contributed by atoms with van der Waals surface area (Å²) in [5.74, 6) is 1.24. The Morgan fingerprint density at radius 3 is 2.76 bits per heavy atom. The van der Waals surface area contributed by atoms with E-state index in [-0.39, 0.29) is 12.0 Å². The molecule has 1 N–H and O–H groups in total. The van der Waals surface area contributed by atoms with E-state index in [1.165, 1.54) is 0 Å². The molecule has 0 radical (unpaired) electrons. The van der Waals surface area contributed by atoms with Crippen LogP contribution in [0.3, 0.4) is 0 Å². The van der Waals surface area contributed by atoms with E-state index in [0.717, 1.165) is 18.6 Å². The number of nitrogens with one attached hydrogen (secondary N) is 1. The molecule has 1 atom stereocenters. The molecule has 5 heteroatoms. The first kappa shape index (κ1) is 13.7. The zero-order valence-corrected chi connectivity index (χ0v) is 11.8. The molecule has 1 saturated carbocycles. The Kier molecular flexibility index (Phi) is 3.70. The molecular formula is C16H18N2O3. The molecule has 110 valence electrons. The fourth-order valence-corrected chi connectivity index (χ4v) is 2.91. The van der Waals surface area contributed by atoms with Crippen LogP contribution in [-0.4, -0.2) is 25.2 Å². The number of carbonyl (C=O) groups excluding carboxylic acids is 1. The van der Waals surface area contributed by atoms with Crippen LogP contribution in [0.4, 0.5) is 0 Å². The molecule has 21 heavy (non-hydrogen) atoms. The number of carbonyl (C=O) groups is 1. The van der Waals surface area contributed by atoms with Crippen molar-refractivity contribution < 1.29 is 14.3 Å². The van der Waals surface area contributed by atoms with Gasteiger partial charge in [-0.3, -0.25) is 4.79 Å². The summed E-state index contributed by atoms with van der Waals surface area (Å²) in [5, 5.41) is 12.1. The number of ether oxygens (including phenoxy) is 2. The lowest BCUT2D eigenvalue weighted by atomic mass is 9.87. The van der Waals surface area contributed by atoms with Crippen LogP contribution in [0.1, 0.15) is 25.7 Å². The lowest BCUT2D eigenvalue weighted by Gasteiger charge is -2.27. The molecule has 0 aromatic heterocycles. The summed E-state index contributed by atoms with van der Waals surface area (Å²) in [6, 6.07) is 9.67. The van der Waals surface area contributed by atoms with E-state index in [1.54, 1.807) is 0 Å². The van der Waals surface area contributed by atoms with Crippen LogP contribution in [0.2, 0.25) is 0 Å². The Hall–Kier alpha value is -2.22. The molecule has 0 spiro atoms. The fourth-order valence-electron chi connectivity index (χ4n) is 2.91. The van der Waals surface area contributed by atoms with Crippen LogP contribution in [0, 0.1) is 16.7 Å². The molecule has 1 aliphatic carbocycles. The van der Waals surface area contributed by atoms with E-state index < -0.39 is 5.41 Å². The molecule has 1 heterocycles. The second kappa shape index (κ2) is 5.65. The number of rotatable bonds is 3. The lowest BCUT2D eigenvalue weighted by molar-refractivity contribution is -0.128. The van der Waals surface area contributed by atoms with Gasteiger partial charge in [0, 0.05) is 0 Å². The summed E-state index contributed by atoms with van der Waals surface area (Å²) in [6.45, 7) is 0.757. The highest BCUT2D eigenvalue weighted by molar-refractivity contribution is 5.85. The van der Waals surface area contributed by atoms with Crippen LogP contribution in [-0.2, 0) is 4.79 Å². The van der Waals surface area contributed by atoms with E-state index in [2.05, 4.69) is 11.4 Å². The first-order chi connectivity index (χ1) is 10.2. The number of para-hydroxylation sites is 2. The van der Waals surface area contributed by atoms with Crippen molar-refractivity contribution in [2.24, 2.45) is 5.41 Å². The number of amides is 1. The Labute approximate surface area is 123 Å². The van der Waals surface area contributed by atoms with Crippen molar-refractivity contribution in [1.29, 1.82) is 5.26 Å². The summed E-state index contributed by atoms with van der Waals surface area (Å²) < 4.78 is 11.4. The van der Waals surface area contributed by atoms with Crippen LogP contribution >= 0.6 is 0 Å². The zero-order chi connectivity index (χ0) is 14.7. The van der Waals surface area contributed by atoms with Crippen molar-refractivity contribution in [2.45, 2.75) is 31.8 Å². The van der Waals surface area contributed by atoms with E-state index in [9.17, 15) is 10.1 Å². The van der Waals surface area contributed by atoms with Gasteiger partial charge in [0.25, 0.3) is 0 Å². The minimum Gasteiger partial charge on any atom is -0.486 e. The minimum atomic E-state index is -0.840. The van der Waals surface area contributed by atoms with Crippen LogP contribution in [0.25, 0.3) is 0 Å². The molecule has 0 saturated heterocycles. The summed E-state index contributed by atoms with van der Waals surface area (Å²) in [4.78, 5) is 12.3. The highest BCUT2D eigenvalue weighted by Crippen LogP contribution is 2.37.